The minimum absolute atomic E-state index is 0. The molecule has 0 saturated carbocycles. The van der Waals surface area contributed by atoms with Crippen molar-refractivity contribution in [3.8, 4) is 0 Å². The molecule has 4 aromatic rings. The van der Waals surface area contributed by atoms with E-state index in [2.05, 4.69) is 88.9 Å². The van der Waals surface area contributed by atoms with E-state index >= 15 is 0 Å². The molecule has 0 aliphatic carbocycles. The SMILES string of the molecule is C[C@@H](NCC1CCN(c2nc(Cl)ccc2C(=O)O)CC1c1ccccc1)c1cccc2ccccc12.Cl. The summed E-state index contributed by atoms with van der Waals surface area (Å²) in [6, 6.07) is 28.8. The molecule has 1 aliphatic rings. The lowest BCUT2D eigenvalue weighted by atomic mass is 9.80. The van der Waals surface area contributed by atoms with E-state index in [4.69, 9.17) is 11.6 Å². The number of halogens is 2. The number of nitrogens with zero attached hydrogens (tertiary/aromatic N) is 2. The molecule has 7 heteroatoms. The van der Waals surface area contributed by atoms with Crippen LogP contribution in [0.2, 0.25) is 5.15 Å². The van der Waals surface area contributed by atoms with Crippen LogP contribution in [0.5, 0.6) is 0 Å². The maximum Gasteiger partial charge on any atom is 0.339 e. The molecule has 1 fully saturated rings. The smallest absolute Gasteiger partial charge is 0.339 e. The maximum atomic E-state index is 11.9. The van der Waals surface area contributed by atoms with Gasteiger partial charge in [-0.15, -0.1) is 12.4 Å². The van der Waals surface area contributed by atoms with Crippen LogP contribution >= 0.6 is 24.0 Å². The Balaban J connectivity index is 0.00000320. The van der Waals surface area contributed by atoms with Crippen molar-refractivity contribution in [3.63, 3.8) is 0 Å². The van der Waals surface area contributed by atoms with Crippen molar-refractivity contribution in [2.75, 3.05) is 24.5 Å². The topological polar surface area (TPSA) is 65.5 Å². The second-order valence-corrected chi connectivity index (χ2v) is 9.91. The summed E-state index contributed by atoms with van der Waals surface area (Å²) in [5, 5.41) is 16.4. The molecule has 1 aromatic heterocycles. The molecule has 3 atom stereocenters. The third kappa shape index (κ3) is 5.90. The fraction of sp³-hybridized carbons (Fsp3) is 0.267. The Hall–Kier alpha value is -3.12. The monoisotopic (exact) mass is 535 g/mol. The minimum atomic E-state index is -0.988. The van der Waals surface area contributed by atoms with Crippen LogP contribution in [0.4, 0.5) is 5.82 Å². The van der Waals surface area contributed by atoms with Gasteiger partial charge in [0.2, 0.25) is 0 Å². The highest BCUT2D eigenvalue weighted by Crippen LogP contribution is 2.36. The molecule has 2 unspecified atom stereocenters. The number of nitrogens with one attached hydrogen (secondary N) is 1. The lowest BCUT2D eigenvalue weighted by Gasteiger charge is -2.40. The third-order valence-electron chi connectivity index (χ3n) is 7.33. The number of piperidine rings is 1. The highest BCUT2D eigenvalue weighted by Gasteiger charge is 2.33. The first-order chi connectivity index (χ1) is 17.5. The van der Waals surface area contributed by atoms with Crippen LogP contribution < -0.4 is 10.2 Å². The lowest BCUT2D eigenvalue weighted by Crippen LogP contribution is -2.44. The van der Waals surface area contributed by atoms with Gasteiger partial charge in [0.25, 0.3) is 0 Å². The van der Waals surface area contributed by atoms with Gasteiger partial charge in [0, 0.05) is 25.0 Å². The summed E-state index contributed by atoms with van der Waals surface area (Å²) in [5.74, 6) is 0.0905. The largest absolute Gasteiger partial charge is 0.478 e. The van der Waals surface area contributed by atoms with Crippen molar-refractivity contribution in [3.05, 3.63) is 107 Å². The number of fused-ring (bicyclic) bond motifs is 1. The molecule has 2 N–H and O–H groups in total. The molecule has 0 bridgehead atoms. The van der Waals surface area contributed by atoms with Gasteiger partial charge >= 0.3 is 5.97 Å². The number of hydrogen-bond acceptors (Lipinski definition) is 4. The van der Waals surface area contributed by atoms with Gasteiger partial charge in [-0.1, -0.05) is 84.4 Å². The van der Waals surface area contributed by atoms with Gasteiger partial charge in [-0.2, -0.15) is 0 Å². The Bertz CT molecular complexity index is 1360. The molecule has 37 heavy (non-hydrogen) atoms. The molecular weight excluding hydrogens is 505 g/mol. The fourth-order valence-electron chi connectivity index (χ4n) is 5.41. The number of hydrogen-bond donors (Lipinski definition) is 2. The predicted molar refractivity (Wildman–Crippen MR) is 153 cm³/mol. The summed E-state index contributed by atoms with van der Waals surface area (Å²) in [6.07, 6.45) is 0.919. The normalized spacial score (nSPS) is 18.3. The van der Waals surface area contributed by atoms with Gasteiger partial charge in [-0.05, 0) is 59.8 Å². The summed E-state index contributed by atoms with van der Waals surface area (Å²) >= 11 is 6.17. The van der Waals surface area contributed by atoms with Crippen LogP contribution in [0.3, 0.4) is 0 Å². The lowest BCUT2D eigenvalue weighted by molar-refractivity contribution is 0.0697. The van der Waals surface area contributed by atoms with Crippen LogP contribution in [0.15, 0.2) is 84.9 Å². The van der Waals surface area contributed by atoms with Crippen molar-refractivity contribution < 1.29 is 9.90 Å². The number of aromatic carboxylic acids is 1. The highest BCUT2D eigenvalue weighted by atomic mass is 35.5. The quantitative estimate of drug-likeness (QED) is 0.250. The highest BCUT2D eigenvalue weighted by molar-refractivity contribution is 6.29. The number of anilines is 1. The summed E-state index contributed by atoms with van der Waals surface area (Å²) in [6.45, 7) is 4.51. The molecule has 3 aromatic carbocycles. The summed E-state index contributed by atoms with van der Waals surface area (Å²) in [4.78, 5) is 18.4. The molecule has 0 radical (unpaired) electrons. The zero-order valence-electron chi connectivity index (χ0n) is 20.7. The number of aromatic nitrogens is 1. The first-order valence-electron chi connectivity index (χ1n) is 12.4. The summed E-state index contributed by atoms with van der Waals surface area (Å²) < 4.78 is 0. The number of carboxylic acid groups (broad SMARTS) is 1. The van der Waals surface area contributed by atoms with Gasteiger partial charge in [0.05, 0.1) is 0 Å². The minimum Gasteiger partial charge on any atom is -0.478 e. The first-order valence-corrected chi connectivity index (χ1v) is 12.8. The summed E-state index contributed by atoms with van der Waals surface area (Å²) in [5.41, 5.74) is 2.74. The third-order valence-corrected chi connectivity index (χ3v) is 7.54. The van der Waals surface area contributed by atoms with Crippen molar-refractivity contribution in [2.45, 2.75) is 25.3 Å². The van der Waals surface area contributed by atoms with E-state index in [9.17, 15) is 9.90 Å². The molecular formula is C30H31Cl2N3O2. The van der Waals surface area contributed by atoms with E-state index in [-0.39, 0.29) is 29.9 Å². The van der Waals surface area contributed by atoms with E-state index in [1.54, 1.807) is 6.07 Å². The van der Waals surface area contributed by atoms with Gasteiger partial charge in [-0.3, -0.25) is 0 Å². The second kappa shape index (κ2) is 12.0. The van der Waals surface area contributed by atoms with E-state index in [1.165, 1.54) is 28.0 Å². The molecule has 0 spiro atoms. The number of benzene rings is 3. The molecule has 192 valence electrons. The average Bonchev–Trinajstić information content (AvgIpc) is 2.91. The van der Waals surface area contributed by atoms with Crippen LogP contribution in [0.1, 0.15) is 46.8 Å². The zero-order chi connectivity index (χ0) is 25.1. The van der Waals surface area contributed by atoms with E-state index < -0.39 is 5.97 Å². The molecule has 0 amide bonds. The second-order valence-electron chi connectivity index (χ2n) is 9.52. The Kier molecular flexibility index (Phi) is 8.70. The Labute approximate surface area is 228 Å². The maximum absolute atomic E-state index is 11.9. The number of rotatable bonds is 7. The first kappa shape index (κ1) is 26.9. The van der Waals surface area contributed by atoms with Gasteiger partial charge < -0.3 is 15.3 Å². The average molecular weight is 537 g/mol. The molecule has 1 aliphatic heterocycles. The van der Waals surface area contributed by atoms with E-state index in [1.807, 2.05) is 6.07 Å². The summed E-state index contributed by atoms with van der Waals surface area (Å²) in [7, 11) is 0. The van der Waals surface area contributed by atoms with E-state index in [0.29, 0.717) is 23.4 Å². The van der Waals surface area contributed by atoms with Gasteiger partial charge in [-0.25, -0.2) is 9.78 Å². The van der Waals surface area contributed by atoms with Crippen LogP contribution in [-0.4, -0.2) is 35.7 Å². The molecule has 1 saturated heterocycles. The fourth-order valence-corrected chi connectivity index (χ4v) is 5.56. The van der Waals surface area contributed by atoms with Crippen LogP contribution in [-0.2, 0) is 0 Å². The molecule has 2 heterocycles. The molecule has 5 nitrogen and oxygen atoms in total. The van der Waals surface area contributed by atoms with Crippen molar-refractivity contribution in [1.29, 1.82) is 0 Å². The number of carbonyl (C=O) groups is 1. The van der Waals surface area contributed by atoms with Gasteiger partial charge in [0.15, 0.2) is 0 Å². The Morgan fingerprint density at radius 2 is 1.78 bits per heavy atom. The van der Waals surface area contributed by atoms with Crippen molar-refractivity contribution in [1.82, 2.24) is 10.3 Å². The van der Waals surface area contributed by atoms with Crippen LogP contribution in [0, 0.1) is 5.92 Å². The van der Waals surface area contributed by atoms with Crippen molar-refractivity contribution in [2.24, 2.45) is 5.92 Å². The number of pyridine rings is 1. The molecule has 5 rings (SSSR count). The Morgan fingerprint density at radius 3 is 2.57 bits per heavy atom. The van der Waals surface area contributed by atoms with Gasteiger partial charge in [0.1, 0.15) is 16.5 Å². The van der Waals surface area contributed by atoms with Crippen LogP contribution in [0.25, 0.3) is 10.8 Å². The Morgan fingerprint density at radius 1 is 1.05 bits per heavy atom. The van der Waals surface area contributed by atoms with Crippen molar-refractivity contribution >= 4 is 46.6 Å². The predicted octanol–water partition coefficient (Wildman–Crippen LogP) is 6.97. The van der Waals surface area contributed by atoms with E-state index in [0.717, 1.165) is 19.5 Å². The number of carboxylic acids is 1. The zero-order valence-corrected chi connectivity index (χ0v) is 22.3. The standard InChI is InChI=1S/C30H30ClN3O2.ClH/c1-20(24-13-7-11-21-10-5-6-12-25(21)24)32-18-23-16-17-34(19-27(23)22-8-3-2-4-9-22)29-26(30(35)36)14-15-28(31)33-29;/h2-15,20,23,27,32H,16-19H2,1H3,(H,35,36);1H/t20-,23?,27?;/m1./s1.